The van der Waals surface area contributed by atoms with Crippen molar-refractivity contribution in [2.24, 2.45) is 0 Å². The van der Waals surface area contributed by atoms with Gasteiger partial charge in [-0.05, 0) is 286 Å². The predicted molar refractivity (Wildman–Crippen MR) is 644 cm³/mol. The van der Waals surface area contributed by atoms with Crippen molar-refractivity contribution in [2.75, 3.05) is 0 Å². The summed E-state index contributed by atoms with van der Waals surface area (Å²) in [5.74, 6) is 0. The summed E-state index contributed by atoms with van der Waals surface area (Å²) in [6.07, 6.45) is 0. The molecule has 0 aliphatic carbocycles. The molecule has 0 saturated carbocycles. The van der Waals surface area contributed by atoms with Crippen LogP contribution in [0.15, 0.2) is 559 Å². The highest BCUT2D eigenvalue weighted by molar-refractivity contribution is 6.30. The van der Waals surface area contributed by atoms with Crippen LogP contribution in [0.25, 0.3) is 296 Å². The molecule has 0 aliphatic heterocycles. The average molecular weight is 1920 g/mol. The van der Waals surface area contributed by atoms with E-state index in [-0.39, 0.29) is 0 Å². The Hall–Kier alpha value is -19.3. The minimum absolute atomic E-state index is 0.902. The maximum atomic E-state index is 6.57. The molecule has 150 heavy (non-hydrogen) atoms. The van der Waals surface area contributed by atoms with Gasteiger partial charge in [-0.25, -0.2) is 0 Å². The molecular formula is C147H102O3. The minimum atomic E-state index is 0.902. The third-order valence-corrected chi connectivity index (χ3v) is 30.2. The molecule has 3 aromatic heterocycles. The van der Waals surface area contributed by atoms with E-state index >= 15 is 0 Å². The predicted octanol–water partition coefficient (Wildman–Crippen LogP) is 43.0. The lowest BCUT2D eigenvalue weighted by Crippen LogP contribution is -1.94. The first-order valence-corrected chi connectivity index (χ1v) is 50.6. The normalized spacial score (nSPS) is 11.6. The molecule has 0 fully saturated rings. The highest BCUT2D eigenvalue weighted by atomic mass is 16.3. The Morgan fingerprint density at radius 1 is 0.113 bits per heavy atom. The van der Waals surface area contributed by atoms with Crippen LogP contribution in [0.1, 0.15) is 26.3 Å². The number of benzene rings is 27. The highest BCUT2D eigenvalue weighted by Crippen LogP contribution is 2.55. The van der Waals surface area contributed by atoms with E-state index < -0.39 is 0 Å². The zero-order valence-electron chi connectivity index (χ0n) is 86.2. The number of hydrogen-bond acceptors (Lipinski definition) is 3. The lowest BCUT2D eigenvalue weighted by Gasteiger charge is -2.21. The number of para-hydroxylation sites is 2. The summed E-state index contributed by atoms with van der Waals surface area (Å²) in [4.78, 5) is 0. The molecule has 0 N–H and O–H groups in total. The topological polar surface area (TPSA) is 39.4 Å². The summed E-state index contributed by atoms with van der Waals surface area (Å²) < 4.78 is 36.8. The van der Waals surface area contributed by atoms with Crippen LogP contribution in [0.4, 0.5) is 0 Å². The molecule has 0 radical (unpaired) electrons. The molecule has 3 nitrogen and oxygen atoms in total. The zero-order valence-corrected chi connectivity index (χ0v) is 83.2. The third kappa shape index (κ3) is 15.7. The van der Waals surface area contributed by atoms with E-state index in [1.807, 2.05) is 12.1 Å². The number of rotatable bonds is 12. The van der Waals surface area contributed by atoms with Crippen LogP contribution in [-0.2, 0) is 0 Å². The van der Waals surface area contributed by atoms with Gasteiger partial charge >= 0.3 is 0 Å². The van der Waals surface area contributed by atoms with Crippen LogP contribution >= 0.6 is 0 Å². The summed E-state index contributed by atoms with van der Waals surface area (Å²) in [5.41, 5.74) is 34.5. The van der Waals surface area contributed by atoms with Crippen molar-refractivity contribution in [1.29, 1.82) is 0 Å². The van der Waals surface area contributed by atoms with E-state index in [0.717, 1.165) is 88.1 Å². The summed E-state index contributed by atoms with van der Waals surface area (Å²) in [6, 6.07) is 197. The van der Waals surface area contributed by atoms with Gasteiger partial charge in [-0.15, -0.1) is 0 Å². The second-order valence-corrected chi connectivity index (χ2v) is 38.4. The fourth-order valence-corrected chi connectivity index (χ4v) is 23.6. The number of hydrogen-bond donors (Lipinski definition) is 0. The van der Waals surface area contributed by atoms with Gasteiger partial charge in [-0.3, -0.25) is 0 Å². The van der Waals surface area contributed by atoms with Gasteiger partial charge in [0.2, 0.25) is 0 Å². The summed E-state index contributed by atoms with van der Waals surface area (Å²) in [7, 11) is 3.75. The molecule has 3 heterocycles. The Bertz CT molecular complexity index is 10300. The van der Waals surface area contributed by atoms with Gasteiger partial charge in [0.15, 0.2) is 0 Å². The molecule has 0 atom stereocenters. The van der Waals surface area contributed by atoms with E-state index in [1.54, 1.807) is 0 Å². The van der Waals surface area contributed by atoms with Crippen molar-refractivity contribution in [3.8, 4) is 134 Å². The number of fused-ring (bicyclic) bond motifs is 18. The van der Waals surface area contributed by atoms with Gasteiger partial charge < -0.3 is 13.3 Å². The average Bonchev–Trinajstić information content (AvgIpc) is 1.61. The van der Waals surface area contributed by atoms with E-state index in [4.69, 9.17) is 17.4 Å². The molecule has 27 aromatic carbocycles. The van der Waals surface area contributed by atoms with E-state index in [0.29, 0.717) is 0 Å². The zero-order chi connectivity index (χ0) is 103. The summed E-state index contributed by atoms with van der Waals surface area (Å²) >= 11 is 0. The SMILES string of the molecule is [2H]C.[2H]C.[2H]C.c1ccc(-c2c(-c3c4ccccc4c(-c4cc(-c5ccccc5)c5oc6ccccc6c5c4)c4ccccc34)ccc3ccccc23)cc1.c1ccc(-c2ccc(-c3c4ccccc4c(-c4cc(-c5ccccc5)c5oc6ccccc6c5c4)c4ccccc34)c3ccccc23)cc1.c1ccc(-c2ccc3cccc(-c4c5ccccc5c(-c5ccc6oc7ccc(-c8ccccc8)cc7c6c5)c5ccccc45)c3c2)cc1. The fourth-order valence-electron chi connectivity index (χ4n) is 23.6. The Kier molecular flexibility index (Phi) is 22.8. The van der Waals surface area contributed by atoms with E-state index in [1.165, 1.54) is 230 Å². The van der Waals surface area contributed by atoms with Gasteiger partial charge in [-0.1, -0.05) is 501 Å². The Labute approximate surface area is 875 Å². The molecule has 0 unspecified atom stereocenters. The monoisotopic (exact) mass is 1920 g/mol. The Morgan fingerprint density at radius 3 is 0.800 bits per heavy atom. The standard InChI is InChI=1S/3C48H30O.3CH4/c1-3-12-31(13-4-1)34-23-22-33-16-11-21-41(42(33)28-34)48-39-19-9-7-17-37(39)47(38-18-8-10-20-40(38)48)36-25-27-46-44(30-36)43-29-35(24-26-45(43)49-46)32-14-5-2-6-15-32;1-3-15-31(16-4-1)42-29-34(30-43-36-21-13-14-26-44(36)49-48(42)43)46-37-22-9-11-24-39(37)47(40-25-12-10-23-38(40)46)41-28-27-32-17-7-8-20-35(32)45(41)33-18-5-2-6-19-33;1-3-15-31(16-4-1)34-27-28-42(36-20-8-7-19-35(34)36)47-40-24-11-9-22-38(40)46(39-23-10-12-25-41(39)47)33-29-43(32-17-5-2-6-18-32)48-44(30-33)37-21-13-14-26-45(37)49-48;;;/h3*1-30H;3*1H4/i;;;3*1D. The van der Waals surface area contributed by atoms with Crippen molar-refractivity contribution < 1.29 is 17.4 Å². The fraction of sp³-hybridized carbons (Fsp3) is 0.0204. The lowest BCUT2D eigenvalue weighted by molar-refractivity contribution is 0.669. The lowest BCUT2D eigenvalue weighted by atomic mass is 9.82. The van der Waals surface area contributed by atoms with Crippen molar-refractivity contribution >= 4 is 163 Å². The Balaban J connectivity index is 0.000000115. The maximum Gasteiger partial charge on any atom is 0.143 e. The molecule has 30 rings (SSSR count). The van der Waals surface area contributed by atoms with Crippen molar-refractivity contribution in [3.05, 3.63) is 546 Å². The number of furan rings is 3. The Morgan fingerprint density at radius 2 is 0.373 bits per heavy atom. The summed E-state index contributed by atoms with van der Waals surface area (Å²) in [5, 5.41) is 29.2. The molecule has 30 aromatic rings. The van der Waals surface area contributed by atoms with Crippen molar-refractivity contribution in [1.82, 2.24) is 0 Å². The molecule has 0 spiro atoms. The van der Waals surface area contributed by atoms with Crippen LogP contribution < -0.4 is 0 Å². The van der Waals surface area contributed by atoms with Crippen LogP contribution in [0.2, 0.25) is 0 Å². The summed E-state index contributed by atoms with van der Waals surface area (Å²) in [6.45, 7) is 0. The molecule has 0 saturated heterocycles. The van der Waals surface area contributed by atoms with E-state index in [2.05, 4.69) is 534 Å². The maximum absolute atomic E-state index is 6.57. The molecule has 708 valence electrons. The van der Waals surface area contributed by atoms with Crippen molar-refractivity contribution in [3.63, 3.8) is 0 Å². The van der Waals surface area contributed by atoms with Gasteiger partial charge in [0, 0.05) is 47.6 Å². The molecule has 0 bridgehead atoms. The largest absolute Gasteiger partial charge is 0.456 e. The minimum Gasteiger partial charge on any atom is -0.456 e. The second-order valence-electron chi connectivity index (χ2n) is 38.4. The molecular weight excluding hydrogens is 1810 g/mol. The van der Waals surface area contributed by atoms with Gasteiger partial charge in [-0.2, -0.15) is 0 Å². The van der Waals surface area contributed by atoms with Crippen LogP contribution in [-0.4, -0.2) is 0 Å². The van der Waals surface area contributed by atoms with Gasteiger partial charge in [0.1, 0.15) is 33.5 Å². The van der Waals surface area contributed by atoms with Crippen LogP contribution in [0.5, 0.6) is 0 Å². The van der Waals surface area contributed by atoms with E-state index in [9.17, 15) is 0 Å². The smallest absolute Gasteiger partial charge is 0.143 e. The molecule has 3 heteroatoms. The molecule has 0 aliphatic rings. The van der Waals surface area contributed by atoms with Gasteiger partial charge in [0.05, 0.1) is 0 Å². The third-order valence-electron chi connectivity index (χ3n) is 30.2. The molecule has 0 amide bonds. The van der Waals surface area contributed by atoms with Crippen LogP contribution in [0.3, 0.4) is 0 Å². The first-order valence-electron chi connectivity index (χ1n) is 53.6. The second kappa shape index (κ2) is 38.7. The van der Waals surface area contributed by atoms with Crippen molar-refractivity contribution in [2.45, 2.75) is 22.2 Å². The first kappa shape index (κ1) is 88.4. The highest BCUT2D eigenvalue weighted by Gasteiger charge is 2.28. The first-order chi connectivity index (χ1) is 76.0. The van der Waals surface area contributed by atoms with Gasteiger partial charge in [0.25, 0.3) is 0 Å². The quantitative estimate of drug-likeness (QED) is 0.114. The van der Waals surface area contributed by atoms with Crippen LogP contribution in [0, 0.1) is 0 Å².